The monoisotopic (exact) mass is 430 g/mol. The van der Waals surface area contributed by atoms with Gasteiger partial charge in [-0.25, -0.2) is 0 Å². The molecule has 0 unspecified atom stereocenters. The molecule has 2 aromatic carbocycles. The van der Waals surface area contributed by atoms with Gasteiger partial charge in [0.05, 0.1) is 23.4 Å². The number of piperidine rings is 1. The van der Waals surface area contributed by atoms with Gasteiger partial charge >= 0.3 is 0 Å². The lowest BCUT2D eigenvalue weighted by Crippen LogP contribution is -2.36. The van der Waals surface area contributed by atoms with Crippen molar-refractivity contribution >= 4 is 46.4 Å². The Morgan fingerprint density at radius 3 is 2.34 bits per heavy atom. The first kappa shape index (κ1) is 21.0. The summed E-state index contributed by atoms with van der Waals surface area (Å²) in [6.07, 6.45) is 3.11. The van der Waals surface area contributed by atoms with Crippen LogP contribution in [0.15, 0.2) is 36.4 Å². The molecule has 0 saturated carbocycles. The van der Waals surface area contributed by atoms with E-state index in [0.29, 0.717) is 32.5 Å². The fraction of sp³-hybridized carbons (Fsp3) is 0.286. The van der Waals surface area contributed by atoms with Crippen molar-refractivity contribution in [1.82, 2.24) is 4.90 Å². The Labute approximate surface area is 179 Å². The SMILES string of the molecule is N#Cc1ccc(Cl)cc1NC(=O)CNc1cc(Cl)ccc1C(=O)N1CCCCC1. The van der Waals surface area contributed by atoms with Crippen LogP contribution in [0.3, 0.4) is 0 Å². The Morgan fingerprint density at radius 2 is 1.66 bits per heavy atom. The van der Waals surface area contributed by atoms with E-state index in [0.717, 1.165) is 32.4 Å². The number of carbonyl (C=O) groups is 2. The van der Waals surface area contributed by atoms with Gasteiger partial charge in [0.25, 0.3) is 5.91 Å². The second kappa shape index (κ2) is 9.64. The second-order valence-electron chi connectivity index (χ2n) is 6.75. The van der Waals surface area contributed by atoms with Gasteiger partial charge in [0.1, 0.15) is 6.07 Å². The van der Waals surface area contributed by atoms with E-state index in [2.05, 4.69) is 10.6 Å². The van der Waals surface area contributed by atoms with Gasteiger partial charge in [0, 0.05) is 28.8 Å². The molecule has 150 valence electrons. The van der Waals surface area contributed by atoms with Crippen LogP contribution in [-0.4, -0.2) is 36.3 Å². The molecule has 1 aliphatic rings. The number of nitrogens with zero attached hydrogens (tertiary/aromatic N) is 2. The molecule has 0 spiro atoms. The van der Waals surface area contributed by atoms with Crippen molar-refractivity contribution in [3.8, 4) is 6.07 Å². The zero-order valence-corrected chi connectivity index (χ0v) is 17.2. The fourth-order valence-electron chi connectivity index (χ4n) is 3.20. The smallest absolute Gasteiger partial charge is 0.255 e. The lowest BCUT2D eigenvalue weighted by Gasteiger charge is -2.27. The zero-order valence-electron chi connectivity index (χ0n) is 15.7. The van der Waals surface area contributed by atoms with Gasteiger partial charge < -0.3 is 15.5 Å². The third-order valence-corrected chi connectivity index (χ3v) is 5.14. The summed E-state index contributed by atoms with van der Waals surface area (Å²) in [5.74, 6) is -0.453. The highest BCUT2D eigenvalue weighted by Gasteiger charge is 2.21. The van der Waals surface area contributed by atoms with Crippen LogP contribution in [0, 0.1) is 11.3 Å². The molecule has 1 fully saturated rings. The Kier molecular flexibility index (Phi) is 6.97. The number of carbonyl (C=O) groups excluding carboxylic acids is 2. The van der Waals surface area contributed by atoms with Crippen LogP contribution in [0.2, 0.25) is 10.0 Å². The molecule has 0 atom stereocenters. The van der Waals surface area contributed by atoms with Crippen LogP contribution in [0.25, 0.3) is 0 Å². The Hall–Kier alpha value is -2.75. The van der Waals surface area contributed by atoms with Gasteiger partial charge in [-0.15, -0.1) is 0 Å². The summed E-state index contributed by atoms with van der Waals surface area (Å²) < 4.78 is 0. The topological polar surface area (TPSA) is 85.2 Å². The molecular formula is C21H20Cl2N4O2. The van der Waals surface area contributed by atoms with E-state index in [1.807, 2.05) is 11.0 Å². The molecule has 6 nitrogen and oxygen atoms in total. The van der Waals surface area contributed by atoms with E-state index in [-0.39, 0.29) is 18.4 Å². The maximum Gasteiger partial charge on any atom is 0.255 e. The van der Waals surface area contributed by atoms with Crippen molar-refractivity contribution in [3.05, 3.63) is 57.6 Å². The van der Waals surface area contributed by atoms with Crippen LogP contribution >= 0.6 is 23.2 Å². The number of nitriles is 1. The number of anilines is 2. The maximum atomic E-state index is 12.9. The molecule has 1 saturated heterocycles. The predicted molar refractivity (Wildman–Crippen MR) is 114 cm³/mol. The average Bonchev–Trinajstić information content (AvgIpc) is 2.73. The molecule has 29 heavy (non-hydrogen) atoms. The van der Waals surface area contributed by atoms with Gasteiger partial charge in [0.2, 0.25) is 5.91 Å². The third-order valence-electron chi connectivity index (χ3n) is 4.67. The second-order valence-corrected chi connectivity index (χ2v) is 7.62. The summed E-state index contributed by atoms with van der Waals surface area (Å²) in [6, 6.07) is 11.6. The van der Waals surface area contributed by atoms with Crippen molar-refractivity contribution in [1.29, 1.82) is 5.26 Å². The number of amides is 2. The van der Waals surface area contributed by atoms with E-state index in [1.165, 1.54) is 12.1 Å². The molecule has 3 rings (SSSR count). The molecule has 0 radical (unpaired) electrons. The van der Waals surface area contributed by atoms with Crippen molar-refractivity contribution in [2.75, 3.05) is 30.3 Å². The molecule has 0 aromatic heterocycles. The van der Waals surface area contributed by atoms with E-state index in [1.54, 1.807) is 24.3 Å². The maximum absolute atomic E-state index is 12.9. The quantitative estimate of drug-likeness (QED) is 0.728. The van der Waals surface area contributed by atoms with E-state index < -0.39 is 0 Å². The first-order valence-electron chi connectivity index (χ1n) is 9.30. The third kappa shape index (κ3) is 5.41. The van der Waals surface area contributed by atoms with Crippen LogP contribution < -0.4 is 10.6 Å². The molecule has 2 amide bonds. The molecule has 2 aromatic rings. The highest BCUT2D eigenvalue weighted by Crippen LogP contribution is 2.24. The summed E-state index contributed by atoms with van der Waals surface area (Å²) in [5, 5.41) is 15.7. The first-order chi connectivity index (χ1) is 14.0. The number of halogens is 2. The predicted octanol–water partition coefficient (Wildman–Crippen LogP) is 4.54. The minimum absolute atomic E-state index is 0.0779. The summed E-state index contributed by atoms with van der Waals surface area (Å²) in [4.78, 5) is 27.1. The number of hydrogen-bond donors (Lipinski definition) is 2. The lowest BCUT2D eigenvalue weighted by molar-refractivity contribution is -0.114. The first-order valence-corrected chi connectivity index (χ1v) is 10.1. The molecule has 1 heterocycles. The number of benzene rings is 2. The fourth-order valence-corrected chi connectivity index (χ4v) is 3.55. The van der Waals surface area contributed by atoms with Crippen molar-refractivity contribution in [3.63, 3.8) is 0 Å². The van der Waals surface area contributed by atoms with Crippen LogP contribution in [0.4, 0.5) is 11.4 Å². The van der Waals surface area contributed by atoms with Crippen molar-refractivity contribution < 1.29 is 9.59 Å². The van der Waals surface area contributed by atoms with Gasteiger partial charge in [-0.3, -0.25) is 9.59 Å². The van der Waals surface area contributed by atoms with Gasteiger partial charge in [-0.1, -0.05) is 23.2 Å². The molecule has 1 aliphatic heterocycles. The van der Waals surface area contributed by atoms with E-state index >= 15 is 0 Å². The molecular weight excluding hydrogens is 411 g/mol. The standard InChI is InChI=1S/C21H20Cl2N4O2/c22-15-5-4-14(12-24)18(10-15)26-20(28)13-25-19-11-16(23)6-7-17(19)21(29)27-8-2-1-3-9-27/h4-7,10-11,25H,1-3,8-9,13H2,(H,26,28). The molecule has 0 aliphatic carbocycles. The highest BCUT2D eigenvalue weighted by atomic mass is 35.5. The number of likely N-dealkylation sites (tertiary alicyclic amines) is 1. The summed E-state index contributed by atoms with van der Waals surface area (Å²) >= 11 is 12.0. The molecule has 2 N–H and O–H groups in total. The Morgan fingerprint density at radius 1 is 1.00 bits per heavy atom. The number of rotatable bonds is 5. The number of nitrogens with one attached hydrogen (secondary N) is 2. The number of hydrogen-bond acceptors (Lipinski definition) is 4. The minimum atomic E-state index is -0.375. The van der Waals surface area contributed by atoms with Crippen LogP contribution in [0.5, 0.6) is 0 Å². The van der Waals surface area contributed by atoms with Crippen molar-refractivity contribution in [2.24, 2.45) is 0 Å². The minimum Gasteiger partial charge on any atom is -0.375 e. The van der Waals surface area contributed by atoms with Crippen LogP contribution in [-0.2, 0) is 4.79 Å². The summed E-state index contributed by atoms with van der Waals surface area (Å²) in [6.45, 7) is 1.36. The normalized spacial score (nSPS) is 13.5. The average molecular weight is 431 g/mol. The zero-order chi connectivity index (χ0) is 20.8. The lowest BCUT2D eigenvalue weighted by atomic mass is 10.1. The summed E-state index contributed by atoms with van der Waals surface area (Å²) in [7, 11) is 0. The van der Waals surface area contributed by atoms with Gasteiger partial charge in [-0.2, -0.15) is 5.26 Å². The Balaban J connectivity index is 1.71. The highest BCUT2D eigenvalue weighted by molar-refractivity contribution is 6.31. The van der Waals surface area contributed by atoms with E-state index in [9.17, 15) is 9.59 Å². The Bertz CT molecular complexity index is 966. The van der Waals surface area contributed by atoms with Gasteiger partial charge in [0.15, 0.2) is 0 Å². The van der Waals surface area contributed by atoms with Crippen LogP contribution in [0.1, 0.15) is 35.2 Å². The largest absolute Gasteiger partial charge is 0.375 e. The summed E-state index contributed by atoms with van der Waals surface area (Å²) in [5.41, 5.74) is 1.62. The molecule has 8 heteroatoms. The van der Waals surface area contributed by atoms with Gasteiger partial charge in [-0.05, 0) is 55.7 Å². The molecule has 0 bridgehead atoms. The van der Waals surface area contributed by atoms with E-state index in [4.69, 9.17) is 28.5 Å². The van der Waals surface area contributed by atoms with Crippen molar-refractivity contribution in [2.45, 2.75) is 19.3 Å².